The summed E-state index contributed by atoms with van der Waals surface area (Å²) >= 11 is 5.44. The van der Waals surface area contributed by atoms with E-state index in [-0.39, 0.29) is 11.7 Å². The molecule has 0 heterocycles. The Morgan fingerprint density at radius 1 is 1.44 bits per heavy atom. The number of Topliss-reactive ketones (excluding diaryl/α,β-unsaturated/α-hetero) is 1. The van der Waals surface area contributed by atoms with Gasteiger partial charge in [0.1, 0.15) is 11.5 Å². The Kier molecular flexibility index (Phi) is 5.12. The van der Waals surface area contributed by atoms with Gasteiger partial charge in [0, 0.05) is 6.07 Å². The van der Waals surface area contributed by atoms with Gasteiger partial charge in [-0.2, -0.15) is 0 Å². The second kappa shape index (κ2) is 6.38. The Bertz CT molecular complexity index is 352. The highest BCUT2D eigenvalue weighted by Crippen LogP contribution is 2.20. The van der Waals surface area contributed by atoms with Crippen LogP contribution >= 0.6 is 11.6 Å². The van der Waals surface area contributed by atoms with Crippen molar-refractivity contribution in [2.75, 3.05) is 12.5 Å². The molecule has 3 nitrogen and oxygen atoms in total. The van der Waals surface area contributed by atoms with Crippen LogP contribution in [0.25, 0.3) is 0 Å². The second-order valence-electron chi connectivity index (χ2n) is 3.27. The van der Waals surface area contributed by atoms with Crippen LogP contribution in [0, 0.1) is 0 Å². The minimum absolute atomic E-state index is 0.0354. The summed E-state index contributed by atoms with van der Waals surface area (Å²) < 4.78 is 10.8. The average molecular weight is 243 g/mol. The third-order valence-electron chi connectivity index (χ3n) is 2.01. The van der Waals surface area contributed by atoms with E-state index in [0.717, 1.165) is 5.75 Å². The lowest BCUT2D eigenvalue weighted by molar-refractivity contribution is -0.122. The Morgan fingerprint density at radius 3 is 2.75 bits per heavy atom. The molecule has 0 aromatic heterocycles. The smallest absolute Gasteiger partial charge is 0.187 e. The molecule has 0 N–H and O–H groups in total. The first-order valence-electron chi connectivity index (χ1n) is 5.15. The van der Waals surface area contributed by atoms with Gasteiger partial charge in [-0.3, -0.25) is 4.79 Å². The Balaban J connectivity index is 2.66. The van der Waals surface area contributed by atoms with Crippen LogP contribution in [-0.2, 0) is 4.79 Å². The van der Waals surface area contributed by atoms with E-state index >= 15 is 0 Å². The van der Waals surface area contributed by atoms with E-state index in [2.05, 4.69) is 0 Å². The topological polar surface area (TPSA) is 35.5 Å². The summed E-state index contributed by atoms with van der Waals surface area (Å²) in [6, 6.07) is 7.19. The molecule has 0 aliphatic carbocycles. The summed E-state index contributed by atoms with van der Waals surface area (Å²) in [7, 11) is 0. The zero-order chi connectivity index (χ0) is 12.0. The molecular formula is C12H15ClO3. The molecule has 0 aliphatic heterocycles. The van der Waals surface area contributed by atoms with Crippen LogP contribution in [0.5, 0.6) is 11.5 Å². The average Bonchev–Trinajstić information content (AvgIpc) is 2.29. The van der Waals surface area contributed by atoms with Crippen molar-refractivity contribution < 1.29 is 14.3 Å². The third-order valence-corrected chi connectivity index (χ3v) is 2.28. The summed E-state index contributed by atoms with van der Waals surface area (Å²) in [5.41, 5.74) is 0. The van der Waals surface area contributed by atoms with Gasteiger partial charge in [-0.05, 0) is 26.0 Å². The monoisotopic (exact) mass is 242 g/mol. The number of hydrogen-bond donors (Lipinski definition) is 0. The minimum atomic E-state index is -0.533. The zero-order valence-corrected chi connectivity index (χ0v) is 10.2. The van der Waals surface area contributed by atoms with Crippen molar-refractivity contribution in [3.8, 4) is 11.5 Å². The highest BCUT2D eigenvalue weighted by atomic mass is 35.5. The molecule has 0 spiro atoms. The molecular weight excluding hydrogens is 228 g/mol. The minimum Gasteiger partial charge on any atom is -0.494 e. The van der Waals surface area contributed by atoms with Crippen molar-refractivity contribution in [3.05, 3.63) is 24.3 Å². The van der Waals surface area contributed by atoms with E-state index in [9.17, 15) is 4.79 Å². The van der Waals surface area contributed by atoms with E-state index in [1.807, 2.05) is 19.1 Å². The number of ketones is 1. The van der Waals surface area contributed by atoms with Gasteiger partial charge < -0.3 is 9.47 Å². The maximum atomic E-state index is 11.2. The molecule has 1 unspecified atom stereocenters. The first-order chi connectivity index (χ1) is 7.67. The Morgan fingerprint density at radius 2 is 2.12 bits per heavy atom. The van der Waals surface area contributed by atoms with Gasteiger partial charge >= 0.3 is 0 Å². The molecule has 1 rings (SSSR count). The van der Waals surface area contributed by atoms with Gasteiger partial charge in [0.25, 0.3) is 0 Å². The highest BCUT2D eigenvalue weighted by molar-refractivity contribution is 6.28. The highest BCUT2D eigenvalue weighted by Gasteiger charge is 2.13. The number of benzene rings is 1. The van der Waals surface area contributed by atoms with Crippen molar-refractivity contribution in [3.63, 3.8) is 0 Å². The van der Waals surface area contributed by atoms with Crippen LogP contribution in [0.2, 0.25) is 0 Å². The van der Waals surface area contributed by atoms with Gasteiger partial charge in [0.2, 0.25) is 0 Å². The molecule has 88 valence electrons. The van der Waals surface area contributed by atoms with Crippen LogP contribution in [0.3, 0.4) is 0 Å². The lowest BCUT2D eigenvalue weighted by Crippen LogP contribution is -2.24. The molecule has 0 saturated heterocycles. The van der Waals surface area contributed by atoms with Crippen molar-refractivity contribution in [1.29, 1.82) is 0 Å². The third kappa shape index (κ3) is 3.74. The first-order valence-corrected chi connectivity index (χ1v) is 5.69. The molecule has 1 atom stereocenters. The lowest BCUT2D eigenvalue weighted by Gasteiger charge is -2.13. The molecule has 1 aromatic carbocycles. The zero-order valence-electron chi connectivity index (χ0n) is 9.40. The molecule has 0 amide bonds. The van der Waals surface area contributed by atoms with E-state index in [4.69, 9.17) is 21.1 Å². The summed E-state index contributed by atoms with van der Waals surface area (Å²) in [5, 5.41) is 0. The summed E-state index contributed by atoms with van der Waals surface area (Å²) in [5.74, 6) is 1.16. The predicted octanol–water partition coefficient (Wildman–Crippen LogP) is 2.66. The van der Waals surface area contributed by atoms with Crippen LogP contribution in [0.1, 0.15) is 13.8 Å². The lowest BCUT2D eigenvalue weighted by atomic mass is 10.2. The fourth-order valence-electron chi connectivity index (χ4n) is 1.18. The van der Waals surface area contributed by atoms with Crippen LogP contribution in [0.4, 0.5) is 0 Å². The maximum Gasteiger partial charge on any atom is 0.187 e. The summed E-state index contributed by atoms with van der Waals surface area (Å²) in [4.78, 5) is 11.2. The van der Waals surface area contributed by atoms with Crippen LogP contribution in [-0.4, -0.2) is 24.4 Å². The van der Waals surface area contributed by atoms with E-state index in [0.29, 0.717) is 12.4 Å². The van der Waals surface area contributed by atoms with Gasteiger partial charge in [-0.15, -0.1) is 11.6 Å². The van der Waals surface area contributed by atoms with Crippen LogP contribution < -0.4 is 9.47 Å². The van der Waals surface area contributed by atoms with E-state index in [1.165, 1.54) is 0 Å². The molecule has 0 aliphatic rings. The van der Waals surface area contributed by atoms with Crippen molar-refractivity contribution in [1.82, 2.24) is 0 Å². The fourth-order valence-corrected chi connectivity index (χ4v) is 1.40. The molecule has 1 aromatic rings. The van der Waals surface area contributed by atoms with Gasteiger partial charge in [-0.1, -0.05) is 6.07 Å². The maximum absolute atomic E-state index is 11.2. The molecule has 0 bridgehead atoms. The summed E-state index contributed by atoms with van der Waals surface area (Å²) in [6.45, 7) is 4.19. The number of halogens is 1. The Labute approximate surface area is 100 Å². The molecule has 0 saturated carbocycles. The largest absolute Gasteiger partial charge is 0.494 e. The standard InChI is InChI=1S/C12H15ClO3/c1-3-15-10-5-4-6-11(7-10)16-9(2)12(14)8-13/h4-7,9H,3,8H2,1-2H3. The molecule has 0 fully saturated rings. The van der Waals surface area contributed by atoms with Crippen molar-refractivity contribution >= 4 is 17.4 Å². The fraction of sp³-hybridized carbons (Fsp3) is 0.417. The van der Waals surface area contributed by atoms with Crippen LogP contribution in [0.15, 0.2) is 24.3 Å². The number of carbonyl (C=O) groups excluding carboxylic acids is 1. The van der Waals surface area contributed by atoms with E-state index in [1.54, 1.807) is 19.1 Å². The quantitative estimate of drug-likeness (QED) is 0.720. The first kappa shape index (κ1) is 12.8. The molecule has 4 heteroatoms. The second-order valence-corrected chi connectivity index (χ2v) is 3.54. The number of carbonyl (C=O) groups is 1. The SMILES string of the molecule is CCOc1cccc(OC(C)C(=O)CCl)c1. The normalized spacial score (nSPS) is 11.9. The molecule has 0 radical (unpaired) electrons. The van der Waals surface area contributed by atoms with Gasteiger partial charge in [0.05, 0.1) is 12.5 Å². The predicted molar refractivity (Wildman–Crippen MR) is 63.4 cm³/mol. The summed E-state index contributed by atoms with van der Waals surface area (Å²) in [6.07, 6.45) is -0.533. The van der Waals surface area contributed by atoms with Crippen molar-refractivity contribution in [2.45, 2.75) is 20.0 Å². The number of hydrogen-bond acceptors (Lipinski definition) is 3. The number of rotatable bonds is 6. The van der Waals surface area contributed by atoms with Crippen molar-refractivity contribution in [2.24, 2.45) is 0 Å². The number of ether oxygens (including phenoxy) is 2. The van der Waals surface area contributed by atoms with Gasteiger partial charge in [0.15, 0.2) is 11.9 Å². The van der Waals surface area contributed by atoms with E-state index < -0.39 is 6.10 Å². The molecule has 16 heavy (non-hydrogen) atoms. The Hall–Kier alpha value is -1.22. The number of alkyl halides is 1. The van der Waals surface area contributed by atoms with Gasteiger partial charge in [-0.25, -0.2) is 0 Å².